The fourth-order valence-electron chi connectivity index (χ4n) is 1.87. The number of carbonyl (C=O) groups is 1. The van der Waals surface area contributed by atoms with Gasteiger partial charge in [-0.15, -0.1) is 0 Å². The number of ether oxygens (including phenoxy) is 1. The van der Waals surface area contributed by atoms with Crippen LogP contribution in [0.2, 0.25) is 0 Å². The Morgan fingerprint density at radius 1 is 0.958 bits per heavy atom. The molecule has 9 heteroatoms. The first-order valence-electron chi connectivity index (χ1n) is 6.50. The van der Waals surface area contributed by atoms with Crippen molar-refractivity contribution in [2.24, 2.45) is 0 Å². The van der Waals surface area contributed by atoms with Crippen molar-refractivity contribution in [1.82, 2.24) is 5.43 Å². The highest BCUT2D eigenvalue weighted by atomic mass is 19.2. The summed E-state index contributed by atoms with van der Waals surface area (Å²) < 4.78 is 71.0. The Morgan fingerprint density at radius 3 is 2.04 bits per heavy atom. The van der Waals surface area contributed by atoms with Gasteiger partial charge in [0.15, 0.2) is 23.3 Å². The molecule has 2 rings (SSSR count). The summed E-state index contributed by atoms with van der Waals surface area (Å²) in [6, 6.07) is 4.31. The molecule has 2 aromatic rings. The molecule has 0 aromatic heterocycles. The van der Waals surface area contributed by atoms with Gasteiger partial charge < -0.3 is 4.74 Å². The number of aryl methyl sites for hydroxylation is 1. The summed E-state index contributed by atoms with van der Waals surface area (Å²) in [5.74, 6) is -11.2. The van der Waals surface area contributed by atoms with Crippen LogP contribution in [0.5, 0.6) is 5.75 Å². The Labute approximate surface area is 133 Å². The van der Waals surface area contributed by atoms with Crippen molar-refractivity contribution in [2.45, 2.75) is 6.92 Å². The van der Waals surface area contributed by atoms with Gasteiger partial charge in [0.25, 0.3) is 5.91 Å². The van der Waals surface area contributed by atoms with Crippen molar-refractivity contribution in [3.05, 3.63) is 58.4 Å². The van der Waals surface area contributed by atoms with Crippen LogP contribution in [0.3, 0.4) is 0 Å². The minimum atomic E-state index is -2.29. The third kappa shape index (κ3) is 3.10. The summed E-state index contributed by atoms with van der Waals surface area (Å²) in [6.45, 7) is 1.73. The third-order valence-electron chi connectivity index (χ3n) is 3.18. The zero-order valence-corrected chi connectivity index (χ0v) is 12.4. The van der Waals surface area contributed by atoms with E-state index in [-0.39, 0.29) is 5.56 Å². The predicted molar refractivity (Wildman–Crippen MR) is 75.1 cm³/mol. The van der Waals surface area contributed by atoms with Gasteiger partial charge in [0.05, 0.1) is 7.11 Å². The molecule has 0 bridgehead atoms. The molecule has 0 fully saturated rings. The van der Waals surface area contributed by atoms with Gasteiger partial charge >= 0.3 is 0 Å². The lowest BCUT2D eigenvalue weighted by atomic mass is 10.1. The number of hydrogen-bond donors (Lipinski definition) is 2. The van der Waals surface area contributed by atoms with E-state index in [1.807, 2.05) is 5.43 Å². The largest absolute Gasteiger partial charge is 0.496 e. The summed E-state index contributed by atoms with van der Waals surface area (Å²) >= 11 is 0. The van der Waals surface area contributed by atoms with E-state index in [0.717, 1.165) is 5.56 Å². The summed E-state index contributed by atoms with van der Waals surface area (Å²) in [5, 5.41) is 0. The quantitative estimate of drug-likeness (QED) is 0.386. The van der Waals surface area contributed by atoms with Gasteiger partial charge in [0.2, 0.25) is 5.82 Å². The molecule has 0 atom stereocenters. The van der Waals surface area contributed by atoms with Crippen LogP contribution in [0.1, 0.15) is 15.9 Å². The molecule has 0 aliphatic carbocycles. The molecular weight excluding hydrogens is 335 g/mol. The van der Waals surface area contributed by atoms with Crippen LogP contribution in [0.25, 0.3) is 0 Å². The lowest BCUT2D eigenvalue weighted by molar-refractivity contribution is 0.0962. The molecule has 0 unspecified atom stereocenters. The summed E-state index contributed by atoms with van der Waals surface area (Å²) in [6.07, 6.45) is 0. The Morgan fingerprint density at radius 2 is 1.50 bits per heavy atom. The molecule has 4 nitrogen and oxygen atoms in total. The van der Waals surface area contributed by atoms with Crippen molar-refractivity contribution < 1.29 is 31.5 Å². The molecule has 0 aliphatic heterocycles. The van der Waals surface area contributed by atoms with Crippen LogP contribution in [0.4, 0.5) is 27.6 Å². The Hall–Kier alpha value is -2.84. The molecule has 0 spiro atoms. The Bertz CT molecular complexity index is 782. The molecule has 1 amide bonds. The minimum Gasteiger partial charge on any atom is -0.496 e. The predicted octanol–water partition coefficient (Wildman–Crippen LogP) is 3.46. The smallest absolute Gasteiger partial charge is 0.269 e. The standard InChI is InChI=1S/C15H11F5N2O2/c1-6-3-4-7(5-8(6)24-2)15(23)22-21-14-12(19)10(17)9(16)11(18)13(14)20/h3-5,21H,1-2H3,(H,22,23). The number of amides is 1. The number of rotatable bonds is 4. The number of methoxy groups -OCH3 is 1. The van der Waals surface area contributed by atoms with E-state index in [0.29, 0.717) is 5.75 Å². The monoisotopic (exact) mass is 346 g/mol. The Kier molecular flexibility index (Phi) is 4.91. The fraction of sp³-hybridized carbons (Fsp3) is 0.133. The summed E-state index contributed by atoms with van der Waals surface area (Å²) in [5.41, 5.74) is 2.99. The molecular formula is C15H11F5N2O2. The van der Waals surface area contributed by atoms with E-state index >= 15 is 0 Å². The molecule has 0 saturated carbocycles. The first kappa shape index (κ1) is 17.5. The zero-order chi connectivity index (χ0) is 18.0. The second-order valence-electron chi connectivity index (χ2n) is 4.71. The topological polar surface area (TPSA) is 50.4 Å². The highest BCUT2D eigenvalue weighted by molar-refractivity contribution is 5.95. The van der Waals surface area contributed by atoms with Crippen LogP contribution in [0.15, 0.2) is 18.2 Å². The molecule has 2 aromatic carbocycles. The van der Waals surface area contributed by atoms with Crippen molar-refractivity contribution >= 4 is 11.6 Å². The second kappa shape index (κ2) is 6.73. The van der Waals surface area contributed by atoms with Crippen molar-refractivity contribution in [2.75, 3.05) is 12.5 Å². The molecule has 128 valence electrons. The lowest BCUT2D eigenvalue weighted by Crippen LogP contribution is -2.31. The van der Waals surface area contributed by atoms with Crippen molar-refractivity contribution in [3.63, 3.8) is 0 Å². The first-order valence-corrected chi connectivity index (χ1v) is 6.50. The van der Waals surface area contributed by atoms with E-state index in [9.17, 15) is 26.7 Å². The van der Waals surface area contributed by atoms with Crippen LogP contribution < -0.4 is 15.6 Å². The number of carbonyl (C=O) groups excluding carboxylic acids is 1. The van der Waals surface area contributed by atoms with Crippen molar-refractivity contribution in [1.29, 1.82) is 0 Å². The number of anilines is 1. The molecule has 0 heterocycles. The van der Waals surface area contributed by atoms with E-state index in [4.69, 9.17) is 4.74 Å². The van der Waals surface area contributed by atoms with Gasteiger partial charge in [-0.2, -0.15) is 0 Å². The second-order valence-corrected chi connectivity index (χ2v) is 4.71. The maximum atomic E-state index is 13.5. The average Bonchev–Trinajstić information content (AvgIpc) is 2.58. The van der Waals surface area contributed by atoms with Gasteiger partial charge in [0.1, 0.15) is 11.4 Å². The number of hydrogen-bond acceptors (Lipinski definition) is 3. The molecule has 0 saturated heterocycles. The summed E-state index contributed by atoms with van der Waals surface area (Å²) in [4.78, 5) is 11.9. The number of hydrazine groups is 1. The highest BCUT2D eigenvalue weighted by Crippen LogP contribution is 2.26. The normalized spacial score (nSPS) is 10.5. The fourth-order valence-corrected chi connectivity index (χ4v) is 1.87. The average molecular weight is 346 g/mol. The Balaban J connectivity index is 2.24. The minimum absolute atomic E-state index is 0.0498. The number of nitrogens with one attached hydrogen (secondary N) is 2. The maximum absolute atomic E-state index is 13.5. The van der Waals surface area contributed by atoms with E-state index in [2.05, 4.69) is 0 Å². The van der Waals surface area contributed by atoms with Crippen LogP contribution in [-0.4, -0.2) is 13.0 Å². The molecule has 0 radical (unpaired) electrons. The summed E-state index contributed by atoms with van der Waals surface area (Å²) in [7, 11) is 1.39. The van der Waals surface area contributed by atoms with Gasteiger partial charge in [-0.25, -0.2) is 22.0 Å². The molecule has 2 N–H and O–H groups in total. The SMILES string of the molecule is COc1cc(C(=O)NNc2c(F)c(F)c(F)c(F)c2F)ccc1C. The van der Waals surface area contributed by atoms with Crippen LogP contribution in [0, 0.1) is 36.0 Å². The van der Waals surface area contributed by atoms with Gasteiger partial charge in [0, 0.05) is 5.56 Å². The van der Waals surface area contributed by atoms with Crippen LogP contribution >= 0.6 is 0 Å². The van der Waals surface area contributed by atoms with Crippen LogP contribution in [-0.2, 0) is 0 Å². The lowest BCUT2D eigenvalue weighted by Gasteiger charge is -2.12. The molecule has 0 aliphatic rings. The van der Waals surface area contributed by atoms with E-state index in [1.165, 1.54) is 19.2 Å². The van der Waals surface area contributed by atoms with Gasteiger partial charge in [-0.3, -0.25) is 15.6 Å². The van der Waals surface area contributed by atoms with Gasteiger partial charge in [-0.1, -0.05) is 6.07 Å². The molecule has 24 heavy (non-hydrogen) atoms. The van der Waals surface area contributed by atoms with Gasteiger partial charge in [-0.05, 0) is 24.6 Å². The van der Waals surface area contributed by atoms with E-state index < -0.39 is 40.7 Å². The first-order chi connectivity index (χ1) is 11.3. The third-order valence-corrected chi connectivity index (χ3v) is 3.18. The highest BCUT2D eigenvalue weighted by Gasteiger charge is 2.26. The van der Waals surface area contributed by atoms with E-state index in [1.54, 1.807) is 18.4 Å². The maximum Gasteiger partial charge on any atom is 0.269 e. The number of halogens is 5. The van der Waals surface area contributed by atoms with Crippen molar-refractivity contribution in [3.8, 4) is 5.75 Å². The number of benzene rings is 2. The zero-order valence-electron chi connectivity index (χ0n) is 12.4.